The maximum Gasteiger partial charge on any atom is 0.253 e. The number of hydrogen-bond donors (Lipinski definition) is 2. The minimum Gasteiger partial charge on any atom is -0.376 e. The van der Waals surface area contributed by atoms with E-state index in [1.165, 1.54) is 4.88 Å². The lowest BCUT2D eigenvalue weighted by Gasteiger charge is -2.26. The molecule has 2 aromatic heterocycles. The number of pyridine rings is 1. The molecule has 3 heterocycles. The molecule has 4 rings (SSSR count). The van der Waals surface area contributed by atoms with Crippen LogP contribution in [0.25, 0.3) is 10.9 Å². The molecule has 0 amide bonds. The third-order valence-corrected chi connectivity index (χ3v) is 6.73. The van der Waals surface area contributed by atoms with Gasteiger partial charge in [0.15, 0.2) is 5.11 Å². The third-order valence-electron chi connectivity index (χ3n) is 5.47. The molecule has 7 heteroatoms. The van der Waals surface area contributed by atoms with Gasteiger partial charge in [0.25, 0.3) is 5.56 Å². The van der Waals surface area contributed by atoms with E-state index < -0.39 is 0 Å². The summed E-state index contributed by atoms with van der Waals surface area (Å²) in [5.74, 6) is 0. The second-order valence-corrected chi connectivity index (χ2v) is 9.34. The summed E-state index contributed by atoms with van der Waals surface area (Å²) in [6.45, 7) is 6.76. The molecule has 0 radical (unpaired) electrons. The first-order valence-electron chi connectivity index (χ1n) is 10.3. The molecule has 3 aromatic rings. The van der Waals surface area contributed by atoms with Crippen molar-refractivity contribution in [3.05, 3.63) is 67.6 Å². The highest BCUT2D eigenvalue weighted by atomic mass is 32.1. The van der Waals surface area contributed by atoms with E-state index in [0.717, 1.165) is 41.5 Å². The summed E-state index contributed by atoms with van der Waals surface area (Å²) in [5.41, 5.74) is 3.83. The van der Waals surface area contributed by atoms with Crippen molar-refractivity contribution in [2.75, 3.05) is 13.2 Å². The Hall–Kier alpha value is -2.22. The Labute approximate surface area is 186 Å². The third kappa shape index (κ3) is 4.91. The highest BCUT2D eigenvalue weighted by Gasteiger charge is 2.19. The van der Waals surface area contributed by atoms with Gasteiger partial charge in [-0.1, -0.05) is 12.1 Å². The lowest BCUT2D eigenvalue weighted by atomic mass is 10.0. The molecule has 0 spiro atoms. The highest BCUT2D eigenvalue weighted by Crippen LogP contribution is 2.20. The van der Waals surface area contributed by atoms with Gasteiger partial charge in [0.2, 0.25) is 0 Å². The summed E-state index contributed by atoms with van der Waals surface area (Å²) >= 11 is 7.41. The van der Waals surface area contributed by atoms with Crippen LogP contribution >= 0.6 is 23.6 Å². The second kappa shape index (κ2) is 9.29. The summed E-state index contributed by atoms with van der Waals surface area (Å²) in [6, 6.07) is 10.3. The van der Waals surface area contributed by atoms with Crippen LogP contribution in [0.2, 0.25) is 0 Å². The lowest BCUT2D eigenvalue weighted by molar-refractivity contribution is 0.113. The minimum absolute atomic E-state index is 0.0643. The van der Waals surface area contributed by atoms with Crippen LogP contribution in [-0.2, 0) is 17.8 Å². The first-order valence-corrected chi connectivity index (χ1v) is 11.6. The molecule has 1 fully saturated rings. The van der Waals surface area contributed by atoms with Crippen LogP contribution in [0.5, 0.6) is 0 Å². The Morgan fingerprint density at radius 2 is 2.20 bits per heavy atom. The number of fused-ring (bicyclic) bond motifs is 1. The van der Waals surface area contributed by atoms with Crippen molar-refractivity contribution in [1.82, 2.24) is 15.2 Å². The summed E-state index contributed by atoms with van der Waals surface area (Å²) in [5, 5.41) is 7.14. The molecule has 1 aromatic carbocycles. The van der Waals surface area contributed by atoms with Gasteiger partial charge in [0.05, 0.1) is 19.2 Å². The number of thiophene rings is 1. The Balaban J connectivity index is 1.58. The molecule has 0 saturated carbocycles. The predicted molar refractivity (Wildman–Crippen MR) is 127 cm³/mol. The van der Waals surface area contributed by atoms with Crippen LogP contribution in [0.4, 0.5) is 0 Å². The molecule has 5 nitrogen and oxygen atoms in total. The fraction of sp³-hybridized carbons (Fsp3) is 0.391. The molecule has 1 saturated heterocycles. The molecule has 1 atom stereocenters. The molecule has 1 unspecified atom stereocenters. The zero-order valence-electron chi connectivity index (χ0n) is 17.4. The number of nitrogens with zero attached hydrogens (tertiary/aromatic N) is 1. The van der Waals surface area contributed by atoms with Gasteiger partial charge in [0, 0.05) is 34.5 Å². The summed E-state index contributed by atoms with van der Waals surface area (Å²) in [6.07, 6.45) is 2.37. The number of thiocarbonyl (C=S) groups is 1. The van der Waals surface area contributed by atoms with E-state index in [-0.39, 0.29) is 11.7 Å². The first-order chi connectivity index (χ1) is 14.5. The second-order valence-electron chi connectivity index (χ2n) is 7.92. The number of aromatic amines is 1. The normalized spacial score (nSPS) is 16.1. The molecule has 0 aliphatic carbocycles. The highest BCUT2D eigenvalue weighted by molar-refractivity contribution is 7.80. The van der Waals surface area contributed by atoms with Crippen molar-refractivity contribution in [3.63, 3.8) is 0 Å². The topological polar surface area (TPSA) is 57.4 Å². The largest absolute Gasteiger partial charge is 0.376 e. The van der Waals surface area contributed by atoms with Crippen molar-refractivity contribution in [2.24, 2.45) is 0 Å². The zero-order valence-corrected chi connectivity index (χ0v) is 19.0. The number of aromatic nitrogens is 1. The van der Waals surface area contributed by atoms with E-state index in [9.17, 15) is 4.79 Å². The summed E-state index contributed by atoms with van der Waals surface area (Å²) in [4.78, 5) is 19.2. The van der Waals surface area contributed by atoms with Crippen LogP contribution in [0, 0.1) is 13.8 Å². The van der Waals surface area contributed by atoms with Crippen molar-refractivity contribution >= 4 is 39.6 Å². The predicted octanol–water partition coefficient (Wildman–Crippen LogP) is 4.26. The molecular formula is C23H27N3O2S2. The van der Waals surface area contributed by atoms with Crippen LogP contribution in [-0.4, -0.2) is 34.3 Å². The fourth-order valence-electron chi connectivity index (χ4n) is 3.95. The summed E-state index contributed by atoms with van der Waals surface area (Å²) in [7, 11) is 0. The van der Waals surface area contributed by atoms with E-state index in [4.69, 9.17) is 17.0 Å². The number of benzene rings is 1. The molecule has 30 heavy (non-hydrogen) atoms. The van der Waals surface area contributed by atoms with Gasteiger partial charge in [-0.05, 0) is 73.6 Å². The maximum absolute atomic E-state index is 12.8. The van der Waals surface area contributed by atoms with Gasteiger partial charge in [-0.3, -0.25) is 4.79 Å². The van der Waals surface area contributed by atoms with Gasteiger partial charge in [-0.25, -0.2) is 0 Å². The quantitative estimate of drug-likeness (QED) is 0.560. The van der Waals surface area contributed by atoms with Gasteiger partial charge in [0.1, 0.15) is 0 Å². The number of rotatable bonds is 6. The molecule has 2 N–H and O–H groups in total. The number of nitrogens with one attached hydrogen (secondary N) is 2. The number of aryl methyl sites for hydroxylation is 2. The molecule has 158 valence electrons. The Bertz CT molecular complexity index is 1090. The zero-order chi connectivity index (χ0) is 21.1. The van der Waals surface area contributed by atoms with Gasteiger partial charge in [-0.15, -0.1) is 11.3 Å². The standard InChI is InChI=1S/C23H27N3O2S2/c1-15-9-16(2)20-11-17(22(27)25-21(20)10-15)13-26(14-19-6-4-8-30-19)23(29)24-12-18-5-3-7-28-18/h4,6,8-11,18H,3,5,7,12-14H2,1-2H3,(H,24,29)(H,25,27). The molecule has 1 aliphatic heterocycles. The maximum atomic E-state index is 12.8. The van der Waals surface area contributed by atoms with Crippen molar-refractivity contribution in [3.8, 4) is 0 Å². The Morgan fingerprint density at radius 1 is 1.33 bits per heavy atom. The van der Waals surface area contributed by atoms with Gasteiger partial charge >= 0.3 is 0 Å². The number of hydrogen-bond acceptors (Lipinski definition) is 4. The van der Waals surface area contributed by atoms with E-state index >= 15 is 0 Å². The van der Waals surface area contributed by atoms with Gasteiger partial charge < -0.3 is 19.9 Å². The van der Waals surface area contributed by atoms with E-state index in [1.54, 1.807) is 11.3 Å². The minimum atomic E-state index is -0.0643. The van der Waals surface area contributed by atoms with Crippen LogP contribution in [0.15, 0.2) is 40.5 Å². The SMILES string of the molecule is Cc1cc(C)c2cc(CN(Cc3cccs3)C(=S)NCC3CCCO3)c(=O)[nH]c2c1. The molecular weight excluding hydrogens is 414 g/mol. The molecule has 0 bridgehead atoms. The van der Waals surface area contributed by atoms with Crippen molar-refractivity contribution < 1.29 is 4.74 Å². The fourth-order valence-corrected chi connectivity index (χ4v) is 4.88. The van der Waals surface area contributed by atoms with E-state index in [2.05, 4.69) is 39.6 Å². The van der Waals surface area contributed by atoms with Gasteiger partial charge in [-0.2, -0.15) is 0 Å². The Morgan fingerprint density at radius 3 is 2.93 bits per heavy atom. The van der Waals surface area contributed by atoms with E-state index in [1.807, 2.05) is 25.1 Å². The van der Waals surface area contributed by atoms with Crippen LogP contribution < -0.4 is 10.9 Å². The number of ether oxygens (including phenoxy) is 1. The first kappa shape index (κ1) is 21.0. The van der Waals surface area contributed by atoms with E-state index in [0.29, 0.717) is 30.3 Å². The molecule has 1 aliphatic rings. The smallest absolute Gasteiger partial charge is 0.253 e. The average Bonchev–Trinajstić information content (AvgIpc) is 3.40. The van der Waals surface area contributed by atoms with Crippen LogP contribution in [0.1, 0.15) is 34.4 Å². The average molecular weight is 442 g/mol. The van der Waals surface area contributed by atoms with Crippen molar-refractivity contribution in [1.29, 1.82) is 0 Å². The number of H-pyrrole nitrogens is 1. The Kier molecular flexibility index (Phi) is 6.51. The van der Waals surface area contributed by atoms with Crippen molar-refractivity contribution in [2.45, 2.75) is 45.9 Å². The monoisotopic (exact) mass is 441 g/mol. The lowest BCUT2D eigenvalue weighted by Crippen LogP contribution is -2.42. The summed E-state index contributed by atoms with van der Waals surface area (Å²) < 4.78 is 5.70. The van der Waals surface area contributed by atoms with Crippen LogP contribution in [0.3, 0.4) is 0 Å².